The first-order chi connectivity index (χ1) is 14.1. The number of rotatable bonds is 5. The summed E-state index contributed by atoms with van der Waals surface area (Å²) in [6.07, 6.45) is 8.60. The van der Waals surface area contributed by atoms with Crippen LogP contribution in [0.25, 0.3) is 0 Å². The molecule has 2 aromatic heterocycles. The maximum Gasteiger partial charge on any atom is 0.291 e. The third-order valence-electron chi connectivity index (χ3n) is 6.67. The number of carbonyl (C=O) groups is 1. The van der Waals surface area contributed by atoms with Gasteiger partial charge in [0.25, 0.3) is 5.91 Å². The SMILES string of the molecule is Cc1ncoc1C(=O)N1CCCC(CC2CC2)(c2noc(C3CCOCC3)n2)C1. The number of oxazole rings is 1. The summed E-state index contributed by atoms with van der Waals surface area (Å²) in [6.45, 7) is 4.62. The molecule has 2 saturated heterocycles. The van der Waals surface area contributed by atoms with Gasteiger partial charge in [0, 0.05) is 32.2 Å². The minimum atomic E-state index is -0.240. The molecule has 0 radical (unpaired) electrons. The molecule has 3 aliphatic rings. The second-order valence-corrected chi connectivity index (χ2v) is 8.87. The van der Waals surface area contributed by atoms with Gasteiger partial charge in [0.15, 0.2) is 12.2 Å². The highest BCUT2D eigenvalue weighted by Gasteiger charge is 2.46. The Bertz CT molecular complexity index is 868. The van der Waals surface area contributed by atoms with Crippen LogP contribution in [0.15, 0.2) is 15.3 Å². The van der Waals surface area contributed by atoms with E-state index in [4.69, 9.17) is 18.7 Å². The number of aromatic nitrogens is 3. The van der Waals surface area contributed by atoms with Crippen molar-refractivity contribution in [3.8, 4) is 0 Å². The molecule has 1 atom stereocenters. The zero-order chi connectivity index (χ0) is 19.8. The molecule has 0 N–H and O–H groups in total. The maximum absolute atomic E-state index is 13.1. The Labute approximate surface area is 170 Å². The molecule has 156 valence electrons. The number of carbonyl (C=O) groups excluding carboxylic acids is 1. The molecule has 29 heavy (non-hydrogen) atoms. The van der Waals surface area contributed by atoms with Crippen molar-refractivity contribution >= 4 is 5.91 Å². The lowest BCUT2D eigenvalue weighted by atomic mass is 9.74. The van der Waals surface area contributed by atoms with Crippen molar-refractivity contribution in [2.24, 2.45) is 5.92 Å². The Morgan fingerprint density at radius 3 is 2.83 bits per heavy atom. The summed E-state index contributed by atoms with van der Waals surface area (Å²) in [5.41, 5.74) is 0.394. The zero-order valence-corrected chi connectivity index (χ0v) is 16.9. The third kappa shape index (κ3) is 3.70. The number of ether oxygens (including phenoxy) is 1. The summed E-state index contributed by atoms with van der Waals surface area (Å²) >= 11 is 0. The van der Waals surface area contributed by atoms with E-state index in [0.717, 1.165) is 63.6 Å². The van der Waals surface area contributed by atoms with E-state index in [2.05, 4.69) is 10.1 Å². The molecule has 3 fully saturated rings. The van der Waals surface area contributed by atoms with Gasteiger partial charge in [-0.05, 0) is 44.9 Å². The largest absolute Gasteiger partial charge is 0.438 e. The predicted molar refractivity (Wildman–Crippen MR) is 102 cm³/mol. The van der Waals surface area contributed by atoms with Crippen LogP contribution in [0.3, 0.4) is 0 Å². The Balaban J connectivity index is 1.41. The van der Waals surface area contributed by atoms with Crippen molar-refractivity contribution < 1.29 is 18.5 Å². The van der Waals surface area contributed by atoms with Gasteiger partial charge >= 0.3 is 0 Å². The van der Waals surface area contributed by atoms with Crippen LogP contribution in [-0.4, -0.2) is 52.2 Å². The molecule has 0 spiro atoms. The van der Waals surface area contributed by atoms with Crippen LogP contribution >= 0.6 is 0 Å². The minimum Gasteiger partial charge on any atom is -0.438 e. The zero-order valence-electron chi connectivity index (χ0n) is 16.9. The first-order valence-electron chi connectivity index (χ1n) is 10.8. The molecular weight excluding hydrogens is 372 g/mol. The van der Waals surface area contributed by atoms with Crippen LogP contribution < -0.4 is 0 Å². The fourth-order valence-corrected chi connectivity index (χ4v) is 4.83. The average Bonchev–Trinajstić information content (AvgIpc) is 3.24. The molecule has 5 rings (SSSR count). The molecule has 2 aliphatic heterocycles. The molecule has 8 heteroatoms. The number of aryl methyl sites for hydroxylation is 1. The number of amides is 1. The molecule has 1 amide bonds. The van der Waals surface area contributed by atoms with Crippen molar-refractivity contribution in [1.29, 1.82) is 0 Å². The van der Waals surface area contributed by atoms with E-state index < -0.39 is 0 Å². The molecule has 1 aliphatic carbocycles. The van der Waals surface area contributed by atoms with Crippen LogP contribution in [0.1, 0.15) is 78.8 Å². The molecule has 1 saturated carbocycles. The van der Waals surface area contributed by atoms with E-state index in [1.807, 2.05) is 4.90 Å². The van der Waals surface area contributed by atoms with Gasteiger partial charge in [-0.3, -0.25) is 4.79 Å². The smallest absolute Gasteiger partial charge is 0.291 e. The fourth-order valence-electron chi connectivity index (χ4n) is 4.83. The second kappa shape index (κ2) is 7.55. The monoisotopic (exact) mass is 400 g/mol. The first-order valence-corrected chi connectivity index (χ1v) is 10.8. The molecule has 2 aromatic rings. The number of hydrogen-bond donors (Lipinski definition) is 0. The minimum absolute atomic E-state index is 0.0898. The molecular formula is C21H28N4O4. The summed E-state index contributed by atoms with van der Waals surface area (Å²) in [4.78, 5) is 23.9. The van der Waals surface area contributed by atoms with Crippen LogP contribution in [0.5, 0.6) is 0 Å². The quantitative estimate of drug-likeness (QED) is 0.760. The summed E-state index contributed by atoms with van der Waals surface area (Å²) in [6, 6.07) is 0. The average molecular weight is 400 g/mol. The van der Waals surface area contributed by atoms with E-state index in [1.165, 1.54) is 19.2 Å². The van der Waals surface area contributed by atoms with Gasteiger partial charge in [0.05, 0.1) is 11.1 Å². The first kappa shape index (κ1) is 18.8. The van der Waals surface area contributed by atoms with Crippen LogP contribution in [0.2, 0.25) is 0 Å². The normalized spacial score (nSPS) is 26.0. The Kier molecular flexibility index (Phi) is 4.89. The highest BCUT2D eigenvalue weighted by atomic mass is 16.5. The highest BCUT2D eigenvalue weighted by molar-refractivity contribution is 5.92. The summed E-state index contributed by atoms with van der Waals surface area (Å²) in [5.74, 6) is 2.73. The highest BCUT2D eigenvalue weighted by Crippen LogP contribution is 2.46. The van der Waals surface area contributed by atoms with Gasteiger partial charge in [-0.2, -0.15) is 4.98 Å². The van der Waals surface area contributed by atoms with Crippen molar-refractivity contribution in [3.05, 3.63) is 29.6 Å². The lowest BCUT2D eigenvalue weighted by Gasteiger charge is -2.41. The van der Waals surface area contributed by atoms with Crippen LogP contribution in [0.4, 0.5) is 0 Å². The van der Waals surface area contributed by atoms with E-state index >= 15 is 0 Å². The fraction of sp³-hybridized carbons (Fsp3) is 0.714. The van der Waals surface area contributed by atoms with Gasteiger partial charge in [-0.25, -0.2) is 4.98 Å². The van der Waals surface area contributed by atoms with Crippen molar-refractivity contribution in [2.75, 3.05) is 26.3 Å². The van der Waals surface area contributed by atoms with E-state index in [1.54, 1.807) is 6.92 Å². The van der Waals surface area contributed by atoms with Gasteiger partial charge in [-0.15, -0.1) is 0 Å². The second-order valence-electron chi connectivity index (χ2n) is 8.87. The molecule has 8 nitrogen and oxygen atoms in total. The lowest BCUT2D eigenvalue weighted by Crippen LogP contribution is -2.49. The summed E-state index contributed by atoms with van der Waals surface area (Å²) in [7, 11) is 0. The van der Waals surface area contributed by atoms with Gasteiger partial charge in [0.2, 0.25) is 11.7 Å². The van der Waals surface area contributed by atoms with E-state index in [0.29, 0.717) is 23.9 Å². The summed E-state index contributed by atoms with van der Waals surface area (Å²) in [5, 5.41) is 4.44. The lowest BCUT2D eigenvalue weighted by molar-refractivity contribution is 0.0575. The standard InChI is InChI=1S/C21H28N4O4/c1-14-17(28-13-22-14)19(26)25-8-2-7-21(12-25,11-15-3-4-15)20-23-18(29-24-20)16-5-9-27-10-6-16/h13,15-16H,2-12H2,1H3. The Hall–Kier alpha value is -2.22. The van der Waals surface area contributed by atoms with Crippen LogP contribution in [0, 0.1) is 12.8 Å². The van der Waals surface area contributed by atoms with Crippen molar-refractivity contribution in [3.63, 3.8) is 0 Å². The number of hydrogen-bond acceptors (Lipinski definition) is 7. The van der Waals surface area contributed by atoms with Gasteiger partial charge in [-0.1, -0.05) is 18.0 Å². The summed E-state index contributed by atoms with van der Waals surface area (Å²) < 4.78 is 16.6. The Morgan fingerprint density at radius 2 is 2.10 bits per heavy atom. The van der Waals surface area contributed by atoms with E-state index in [9.17, 15) is 4.79 Å². The Morgan fingerprint density at radius 1 is 1.28 bits per heavy atom. The van der Waals surface area contributed by atoms with Gasteiger partial charge in [0.1, 0.15) is 0 Å². The molecule has 0 bridgehead atoms. The van der Waals surface area contributed by atoms with Crippen molar-refractivity contribution in [2.45, 2.75) is 63.2 Å². The van der Waals surface area contributed by atoms with E-state index in [-0.39, 0.29) is 17.2 Å². The number of piperidine rings is 1. The molecule has 1 unspecified atom stereocenters. The predicted octanol–water partition coefficient (Wildman–Crippen LogP) is 3.23. The van der Waals surface area contributed by atoms with Gasteiger partial charge < -0.3 is 18.6 Å². The molecule has 4 heterocycles. The maximum atomic E-state index is 13.1. The molecule has 0 aromatic carbocycles. The number of nitrogens with zero attached hydrogens (tertiary/aromatic N) is 4. The van der Waals surface area contributed by atoms with Crippen molar-refractivity contribution in [1.82, 2.24) is 20.0 Å². The van der Waals surface area contributed by atoms with Crippen LogP contribution in [-0.2, 0) is 10.2 Å². The third-order valence-corrected chi connectivity index (χ3v) is 6.67. The topological polar surface area (TPSA) is 94.5 Å². The number of likely N-dealkylation sites (tertiary alicyclic amines) is 1.